The zero-order valence-corrected chi connectivity index (χ0v) is 18.0. The summed E-state index contributed by atoms with van der Waals surface area (Å²) in [6, 6.07) is 8.41. The summed E-state index contributed by atoms with van der Waals surface area (Å²) < 4.78 is 0. The number of nitrogens with zero attached hydrogens (tertiary/aromatic N) is 1. The van der Waals surface area contributed by atoms with Gasteiger partial charge in [0.1, 0.15) is 6.23 Å². The summed E-state index contributed by atoms with van der Waals surface area (Å²) in [7, 11) is 0. The lowest BCUT2D eigenvalue weighted by Crippen LogP contribution is -2.59. The molecule has 3 unspecified atom stereocenters. The number of carbonyl (C=O) groups excluding carboxylic acids is 1. The molecular formula is C24H33ClN2O2. The largest absolute Gasteiger partial charge is 0.378 e. The maximum atomic E-state index is 13.4. The summed E-state index contributed by atoms with van der Waals surface area (Å²) >= 11 is 6.14. The zero-order chi connectivity index (χ0) is 20.1. The normalized spacial score (nSPS) is 38.5. The fourth-order valence-corrected chi connectivity index (χ4v) is 7.54. The molecule has 1 aromatic carbocycles. The molecule has 5 aliphatic rings. The van der Waals surface area contributed by atoms with E-state index in [2.05, 4.69) is 22.3 Å². The Morgan fingerprint density at radius 1 is 1.17 bits per heavy atom. The predicted molar refractivity (Wildman–Crippen MR) is 115 cm³/mol. The van der Waals surface area contributed by atoms with Crippen molar-refractivity contribution in [2.24, 2.45) is 17.3 Å². The summed E-state index contributed by atoms with van der Waals surface area (Å²) in [6.07, 6.45) is 9.46. The minimum atomic E-state index is -0.284. The van der Waals surface area contributed by atoms with Gasteiger partial charge in [-0.3, -0.25) is 9.69 Å². The van der Waals surface area contributed by atoms with Crippen molar-refractivity contribution in [1.29, 1.82) is 0 Å². The molecule has 1 saturated heterocycles. The Morgan fingerprint density at radius 3 is 2.55 bits per heavy atom. The maximum absolute atomic E-state index is 13.4. The standard InChI is InChI=1S/C24H33ClN2O2/c25-20-6-4-19(5-7-20)23-12-17-11-18(13-23)15-24(14-17,16-23)22(29)26-8-2-10-27-9-1-3-21(27)28/h4-7,17-18,21,28H,1-3,8-16H2,(H,26,29). The van der Waals surface area contributed by atoms with E-state index in [1.165, 1.54) is 24.8 Å². The number of halogens is 1. The molecule has 5 heteroatoms. The van der Waals surface area contributed by atoms with Crippen LogP contribution in [0.25, 0.3) is 0 Å². The average molecular weight is 417 g/mol. The number of nitrogens with one attached hydrogen (secondary N) is 1. The molecule has 158 valence electrons. The molecular weight excluding hydrogens is 384 g/mol. The van der Waals surface area contributed by atoms with E-state index in [4.69, 9.17) is 11.6 Å². The summed E-state index contributed by atoms with van der Waals surface area (Å²) in [6.45, 7) is 2.56. The zero-order valence-electron chi connectivity index (χ0n) is 17.2. The van der Waals surface area contributed by atoms with Gasteiger partial charge < -0.3 is 10.4 Å². The van der Waals surface area contributed by atoms with Gasteiger partial charge in [0.2, 0.25) is 5.91 Å². The number of amides is 1. The predicted octanol–water partition coefficient (Wildman–Crippen LogP) is 4.10. The molecule has 5 fully saturated rings. The first-order valence-corrected chi connectivity index (χ1v) is 11.8. The Bertz CT molecular complexity index is 751. The molecule has 0 spiro atoms. The van der Waals surface area contributed by atoms with E-state index < -0.39 is 0 Å². The van der Waals surface area contributed by atoms with Gasteiger partial charge in [-0.1, -0.05) is 23.7 Å². The van der Waals surface area contributed by atoms with Crippen LogP contribution in [-0.4, -0.2) is 41.8 Å². The van der Waals surface area contributed by atoms with Crippen LogP contribution in [-0.2, 0) is 10.2 Å². The summed E-state index contributed by atoms with van der Waals surface area (Å²) in [5.74, 6) is 1.64. The van der Waals surface area contributed by atoms with Crippen LogP contribution in [0.15, 0.2) is 24.3 Å². The van der Waals surface area contributed by atoms with E-state index >= 15 is 0 Å². The van der Waals surface area contributed by atoms with E-state index in [-0.39, 0.29) is 23.0 Å². The Balaban J connectivity index is 1.26. The van der Waals surface area contributed by atoms with Gasteiger partial charge in [-0.15, -0.1) is 0 Å². The second-order valence-corrected chi connectivity index (χ2v) is 10.7. The molecule has 4 aliphatic carbocycles. The van der Waals surface area contributed by atoms with E-state index in [0.717, 1.165) is 56.6 Å². The fraction of sp³-hybridized carbons (Fsp3) is 0.708. The molecule has 6 rings (SSSR count). The molecule has 1 heterocycles. The van der Waals surface area contributed by atoms with Crippen LogP contribution < -0.4 is 5.32 Å². The summed E-state index contributed by atoms with van der Waals surface area (Å²) in [4.78, 5) is 15.5. The summed E-state index contributed by atoms with van der Waals surface area (Å²) in [5, 5.41) is 14.0. The number of hydrogen-bond acceptors (Lipinski definition) is 3. The van der Waals surface area contributed by atoms with Gasteiger partial charge in [0, 0.05) is 24.7 Å². The Hall–Kier alpha value is -1.10. The highest BCUT2D eigenvalue weighted by Crippen LogP contribution is 2.65. The molecule has 29 heavy (non-hydrogen) atoms. The van der Waals surface area contributed by atoms with Gasteiger partial charge in [0.25, 0.3) is 0 Å². The third-order valence-electron chi connectivity index (χ3n) is 8.24. The molecule has 1 aliphatic heterocycles. The molecule has 4 saturated carbocycles. The van der Waals surface area contributed by atoms with Crippen LogP contribution in [0.3, 0.4) is 0 Å². The van der Waals surface area contributed by atoms with Crippen molar-refractivity contribution in [2.75, 3.05) is 19.6 Å². The van der Waals surface area contributed by atoms with Crippen molar-refractivity contribution in [3.05, 3.63) is 34.9 Å². The van der Waals surface area contributed by atoms with Gasteiger partial charge in [-0.05, 0) is 92.7 Å². The minimum Gasteiger partial charge on any atom is -0.378 e. The van der Waals surface area contributed by atoms with Crippen LogP contribution in [0, 0.1) is 17.3 Å². The Labute approximate surface area is 179 Å². The number of carbonyl (C=O) groups is 1. The van der Waals surface area contributed by atoms with Crippen LogP contribution in [0.2, 0.25) is 5.02 Å². The van der Waals surface area contributed by atoms with Gasteiger partial charge in [0.15, 0.2) is 0 Å². The Kier molecular flexibility index (Phi) is 5.16. The second-order valence-electron chi connectivity index (χ2n) is 10.3. The second kappa shape index (κ2) is 7.55. The minimum absolute atomic E-state index is 0.158. The Morgan fingerprint density at radius 2 is 1.90 bits per heavy atom. The van der Waals surface area contributed by atoms with Crippen LogP contribution in [0.1, 0.15) is 63.4 Å². The first kappa shape index (κ1) is 19.8. The fourth-order valence-electron chi connectivity index (χ4n) is 7.41. The number of likely N-dealkylation sites (tertiary alicyclic amines) is 1. The van der Waals surface area contributed by atoms with Crippen molar-refractivity contribution in [3.63, 3.8) is 0 Å². The number of aliphatic hydroxyl groups excluding tert-OH is 1. The highest BCUT2D eigenvalue weighted by molar-refractivity contribution is 6.30. The van der Waals surface area contributed by atoms with Crippen LogP contribution in [0.5, 0.6) is 0 Å². The molecule has 0 radical (unpaired) electrons. The number of rotatable bonds is 6. The quantitative estimate of drug-likeness (QED) is 0.686. The topological polar surface area (TPSA) is 52.6 Å². The summed E-state index contributed by atoms with van der Waals surface area (Å²) in [5.41, 5.74) is 1.36. The smallest absolute Gasteiger partial charge is 0.226 e. The lowest BCUT2D eigenvalue weighted by molar-refractivity contribution is -0.149. The third-order valence-corrected chi connectivity index (χ3v) is 8.49. The molecule has 1 amide bonds. The van der Waals surface area contributed by atoms with E-state index in [1.807, 2.05) is 12.1 Å². The van der Waals surface area contributed by atoms with Gasteiger partial charge >= 0.3 is 0 Å². The first-order chi connectivity index (χ1) is 14.0. The van der Waals surface area contributed by atoms with Gasteiger partial charge in [0.05, 0.1) is 5.41 Å². The molecule has 2 N–H and O–H groups in total. The van der Waals surface area contributed by atoms with E-state index in [9.17, 15) is 9.90 Å². The van der Waals surface area contributed by atoms with Crippen molar-refractivity contribution >= 4 is 17.5 Å². The van der Waals surface area contributed by atoms with E-state index in [0.29, 0.717) is 18.4 Å². The van der Waals surface area contributed by atoms with Gasteiger partial charge in [-0.25, -0.2) is 0 Å². The number of hydrogen-bond donors (Lipinski definition) is 2. The average Bonchev–Trinajstić information content (AvgIpc) is 3.09. The molecule has 4 nitrogen and oxygen atoms in total. The molecule has 4 bridgehead atoms. The SMILES string of the molecule is O=C(NCCCN1CCCC1O)C12CC3CC(C1)CC(c1ccc(Cl)cc1)(C3)C2. The monoisotopic (exact) mass is 416 g/mol. The molecule has 1 aromatic rings. The van der Waals surface area contributed by atoms with Crippen molar-refractivity contribution in [1.82, 2.24) is 10.2 Å². The van der Waals surface area contributed by atoms with Crippen molar-refractivity contribution < 1.29 is 9.90 Å². The third kappa shape index (κ3) is 3.62. The molecule has 0 aromatic heterocycles. The highest BCUT2D eigenvalue weighted by Gasteiger charge is 2.60. The first-order valence-electron chi connectivity index (χ1n) is 11.4. The van der Waals surface area contributed by atoms with Crippen LogP contribution >= 0.6 is 11.6 Å². The van der Waals surface area contributed by atoms with E-state index in [1.54, 1.807) is 0 Å². The lowest BCUT2D eigenvalue weighted by Gasteiger charge is -2.61. The van der Waals surface area contributed by atoms with Gasteiger partial charge in [-0.2, -0.15) is 0 Å². The maximum Gasteiger partial charge on any atom is 0.226 e. The van der Waals surface area contributed by atoms with Crippen molar-refractivity contribution in [3.8, 4) is 0 Å². The number of aliphatic hydroxyl groups is 1. The highest BCUT2D eigenvalue weighted by atomic mass is 35.5. The van der Waals surface area contributed by atoms with Crippen molar-refractivity contribution in [2.45, 2.75) is 69.4 Å². The van der Waals surface area contributed by atoms with Crippen LogP contribution in [0.4, 0.5) is 0 Å². The number of benzene rings is 1. The molecule has 3 atom stereocenters. The lowest BCUT2D eigenvalue weighted by atomic mass is 9.42.